The Kier molecular flexibility index (Phi) is 2.77. The van der Waals surface area contributed by atoms with Crippen molar-refractivity contribution in [3.05, 3.63) is 0 Å². The summed E-state index contributed by atoms with van der Waals surface area (Å²) in [5, 5.41) is 18.5. The highest BCUT2D eigenvalue weighted by atomic mass is 16.4. The molecule has 0 spiro atoms. The van der Waals surface area contributed by atoms with Crippen LogP contribution in [-0.2, 0) is 4.79 Å². The van der Waals surface area contributed by atoms with Crippen molar-refractivity contribution in [2.75, 3.05) is 0 Å². The van der Waals surface area contributed by atoms with Gasteiger partial charge in [-0.05, 0) is 50.4 Å². The molecule has 0 bridgehead atoms. The van der Waals surface area contributed by atoms with Gasteiger partial charge in [0.2, 0.25) is 0 Å². The van der Waals surface area contributed by atoms with Gasteiger partial charge in [-0.15, -0.1) is 0 Å². The van der Waals surface area contributed by atoms with Gasteiger partial charge in [0, 0.05) is 0 Å². The fraction of sp³-hybridized carbons (Fsp3) is 0.909. The Hall–Kier alpha value is -0.570. The number of fused-ring (bicyclic) bond motifs is 1. The van der Waals surface area contributed by atoms with Crippen LogP contribution in [0, 0.1) is 17.8 Å². The summed E-state index contributed by atoms with van der Waals surface area (Å²) in [7, 11) is 0. The van der Waals surface area contributed by atoms with E-state index in [1.54, 1.807) is 0 Å². The molecule has 80 valence electrons. The van der Waals surface area contributed by atoms with E-state index in [1.807, 2.05) is 0 Å². The number of aliphatic hydroxyl groups excluding tert-OH is 1. The second-order valence-corrected chi connectivity index (χ2v) is 4.84. The van der Waals surface area contributed by atoms with E-state index in [-0.39, 0.29) is 12.0 Å². The van der Waals surface area contributed by atoms with Crippen LogP contribution in [0.4, 0.5) is 0 Å². The Balaban J connectivity index is 1.96. The number of aliphatic carboxylic acids is 1. The molecule has 0 aromatic carbocycles. The number of aliphatic hydroxyl groups is 1. The van der Waals surface area contributed by atoms with Crippen LogP contribution in [0.5, 0.6) is 0 Å². The minimum absolute atomic E-state index is 0.151. The Bertz CT molecular complexity index is 227. The summed E-state index contributed by atoms with van der Waals surface area (Å²) in [4.78, 5) is 10.8. The molecule has 3 heteroatoms. The van der Waals surface area contributed by atoms with Crippen molar-refractivity contribution in [1.82, 2.24) is 0 Å². The number of rotatable bonds is 1. The highest BCUT2D eigenvalue weighted by Crippen LogP contribution is 2.42. The molecule has 2 N–H and O–H groups in total. The van der Waals surface area contributed by atoms with Crippen molar-refractivity contribution in [3.63, 3.8) is 0 Å². The van der Waals surface area contributed by atoms with Gasteiger partial charge in [-0.3, -0.25) is 4.79 Å². The minimum atomic E-state index is -0.650. The summed E-state index contributed by atoms with van der Waals surface area (Å²) in [5.41, 5.74) is 0. The molecule has 0 aliphatic heterocycles. The van der Waals surface area contributed by atoms with Crippen LogP contribution in [0.15, 0.2) is 0 Å². The standard InChI is InChI=1S/C11H18O3/c12-10-4-3-7-1-2-8(11(13)14)5-9(7)6-10/h7-10,12H,1-6H2,(H,13,14)/t7-,8?,9?,10?/m0/s1. The number of carbonyl (C=O) groups is 1. The normalized spacial score (nSPS) is 42.9. The molecule has 0 aromatic heterocycles. The SMILES string of the molecule is O=C(O)C1CC[C@H]2CCC(O)CC2C1. The van der Waals surface area contributed by atoms with E-state index in [9.17, 15) is 9.90 Å². The maximum absolute atomic E-state index is 10.8. The predicted octanol–water partition coefficient (Wildman–Crippen LogP) is 1.65. The van der Waals surface area contributed by atoms with E-state index in [0.717, 1.165) is 38.5 Å². The lowest BCUT2D eigenvalue weighted by Gasteiger charge is -2.39. The zero-order valence-corrected chi connectivity index (χ0v) is 8.35. The number of carboxylic acids is 1. The molecule has 0 aromatic rings. The lowest BCUT2D eigenvalue weighted by molar-refractivity contribution is -0.144. The highest BCUT2D eigenvalue weighted by Gasteiger charge is 2.37. The third kappa shape index (κ3) is 1.92. The Morgan fingerprint density at radius 1 is 1.00 bits per heavy atom. The Labute approximate surface area is 84.1 Å². The first kappa shape index (κ1) is 9.97. The molecule has 0 saturated heterocycles. The number of hydrogen-bond donors (Lipinski definition) is 2. The van der Waals surface area contributed by atoms with Crippen molar-refractivity contribution in [2.24, 2.45) is 17.8 Å². The van der Waals surface area contributed by atoms with Crippen LogP contribution in [0.2, 0.25) is 0 Å². The molecule has 0 heterocycles. The number of carboxylic acid groups (broad SMARTS) is 1. The summed E-state index contributed by atoms with van der Waals surface area (Å²) in [6, 6.07) is 0. The zero-order valence-electron chi connectivity index (χ0n) is 8.35. The van der Waals surface area contributed by atoms with Crippen LogP contribution < -0.4 is 0 Å². The molecule has 2 rings (SSSR count). The fourth-order valence-electron chi connectivity index (χ4n) is 3.09. The van der Waals surface area contributed by atoms with Crippen LogP contribution in [0.3, 0.4) is 0 Å². The maximum atomic E-state index is 10.8. The molecular formula is C11H18O3. The van der Waals surface area contributed by atoms with Crippen LogP contribution in [0.25, 0.3) is 0 Å². The minimum Gasteiger partial charge on any atom is -0.481 e. The average Bonchev–Trinajstić information content (AvgIpc) is 2.16. The third-order valence-corrected chi connectivity index (χ3v) is 3.93. The first-order valence-electron chi connectivity index (χ1n) is 5.57. The summed E-state index contributed by atoms with van der Waals surface area (Å²) in [6.07, 6.45) is 5.34. The Morgan fingerprint density at radius 3 is 2.43 bits per heavy atom. The summed E-state index contributed by atoms with van der Waals surface area (Å²) in [5.74, 6) is 0.354. The zero-order chi connectivity index (χ0) is 10.1. The van der Waals surface area contributed by atoms with Gasteiger partial charge in [-0.25, -0.2) is 0 Å². The largest absolute Gasteiger partial charge is 0.481 e. The van der Waals surface area contributed by atoms with Gasteiger partial charge in [0.05, 0.1) is 12.0 Å². The van der Waals surface area contributed by atoms with Gasteiger partial charge in [-0.1, -0.05) is 0 Å². The topological polar surface area (TPSA) is 57.5 Å². The molecule has 3 nitrogen and oxygen atoms in total. The lowest BCUT2D eigenvalue weighted by atomic mass is 9.67. The van der Waals surface area contributed by atoms with E-state index < -0.39 is 5.97 Å². The van der Waals surface area contributed by atoms with Gasteiger partial charge in [0.1, 0.15) is 0 Å². The molecule has 4 atom stereocenters. The number of hydrogen-bond acceptors (Lipinski definition) is 2. The molecule has 14 heavy (non-hydrogen) atoms. The summed E-state index contributed by atoms with van der Waals surface area (Å²) >= 11 is 0. The molecule has 0 amide bonds. The van der Waals surface area contributed by atoms with Crippen molar-refractivity contribution in [3.8, 4) is 0 Å². The van der Waals surface area contributed by atoms with Gasteiger partial charge in [0.15, 0.2) is 0 Å². The van der Waals surface area contributed by atoms with Gasteiger partial charge in [0.25, 0.3) is 0 Å². The van der Waals surface area contributed by atoms with Crippen molar-refractivity contribution < 1.29 is 15.0 Å². The average molecular weight is 198 g/mol. The quantitative estimate of drug-likeness (QED) is 0.673. The summed E-state index contributed by atoms with van der Waals surface area (Å²) < 4.78 is 0. The van der Waals surface area contributed by atoms with Crippen LogP contribution in [0.1, 0.15) is 38.5 Å². The molecule has 3 unspecified atom stereocenters. The molecule has 2 aliphatic rings. The van der Waals surface area contributed by atoms with E-state index in [0.29, 0.717) is 11.8 Å². The lowest BCUT2D eigenvalue weighted by Crippen LogP contribution is -2.35. The highest BCUT2D eigenvalue weighted by molar-refractivity contribution is 5.70. The maximum Gasteiger partial charge on any atom is 0.306 e. The van der Waals surface area contributed by atoms with Crippen LogP contribution >= 0.6 is 0 Å². The van der Waals surface area contributed by atoms with Gasteiger partial charge >= 0.3 is 5.97 Å². The summed E-state index contributed by atoms with van der Waals surface area (Å²) in [6.45, 7) is 0. The van der Waals surface area contributed by atoms with Gasteiger partial charge in [-0.2, -0.15) is 0 Å². The second-order valence-electron chi connectivity index (χ2n) is 4.84. The molecule has 2 aliphatic carbocycles. The third-order valence-electron chi connectivity index (χ3n) is 3.93. The van der Waals surface area contributed by atoms with Crippen LogP contribution in [-0.4, -0.2) is 22.3 Å². The Morgan fingerprint density at radius 2 is 1.71 bits per heavy atom. The second kappa shape index (κ2) is 3.89. The fourth-order valence-corrected chi connectivity index (χ4v) is 3.09. The van der Waals surface area contributed by atoms with E-state index in [2.05, 4.69) is 0 Å². The predicted molar refractivity (Wildman–Crippen MR) is 51.8 cm³/mol. The first-order valence-corrected chi connectivity index (χ1v) is 5.57. The monoisotopic (exact) mass is 198 g/mol. The van der Waals surface area contributed by atoms with E-state index in [1.165, 1.54) is 0 Å². The van der Waals surface area contributed by atoms with Crippen molar-refractivity contribution >= 4 is 5.97 Å². The van der Waals surface area contributed by atoms with E-state index >= 15 is 0 Å². The molecule has 2 fully saturated rings. The van der Waals surface area contributed by atoms with Crippen molar-refractivity contribution in [1.29, 1.82) is 0 Å². The van der Waals surface area contributed by atoms with E-state index in [4.69, 9.17) is 5.11 Å². The smallest absolute Gasteiger partial charge is 0.306 e. The molecule has 2 saturated carbocycles. The van der Waals surface area contributed by atoms with Gasteiger partial charge < -0.3 is 10.2 Å². The van der Waals surface area contributed by atoms with Crippen molar-refractivity contribution in [2.45, 2.75) is 44.6 Å². The molecular weight excluding hydrogens is 180 g/mol. The molecule has 0 radical (unpaired) electrons. The first-order chi connectivity index (χ1) is 6.66.